The number of halogens is 2. The molecule has 0 fully saturated rings. The van der Waals surface area contributed by atoms with E-state index in [2.05, 4.69) is 40.4 Å². The maximum absolute atomic E-state index is 13.5. The van der Waals surface area contributed by atoms with Crippen LogP contribution in [0.15, 0.2) is 22.7 Å². The number of nitrogens with one attached hydrogen (secondary N) is 2. The third-order valence-corrected chi connectivity index (χ3v) is 3.06. The fraction of sp³-hybridized carbons (Fsp3) is 0.500. The predicted molar refractivity (Wildman–Crippen MR) is 78.3 cm³/mol. The third-order valence-electron chi connectivity index (χ3n) is 2.57. The van der Waals surface area contributed by atoms with Crippen LogP contribution in [0.2, 0.25) is 0 Å². The third kappa shape index (κ3) is 6.68. The Balaban J connectivity index is 2.22. The van der Waals surface area contributed by atoms with Gasteiger partial charge in [-0.05, 0) is 18.1 Å². The maximum Gasteiger partial charge on any atom is 0.221 e. The van der Waals surface area contributed by atoms with Gasteiger partial charge in [-0.15, -0.1) is 0 Å². The van der Waals surface area contributed by atoms with Gasteiger partial charge in [-0.3, -0.25) is 4.79 Å². The topological polar surface area (TPSA) is 41.1 Å². The van der Waals surface area contributed by atoms with E-state index >= 15 is 0 Å². The van der Waals surface area contributed by atoms with Crippen LogP contribution in [0, 0.1) is 11.7 Å². The molecule has 106 valence electrons. The van der Waals surface area contributed by atoms with Crippen LogP contribution >= 0.6 is 15.9 Å². The van der Waals surface area contributed by atoms with Gasteiger partial charge >= 0.3 is 0 Å². The quantitative estimate of drug-likeness (QED) is 0.755. The fourth-order valence-corrected chi connectivity index (χ4v) is 1.83. The molecule has 1 rings (SSSR count). The Morgan fingerprint density at radius 3 is 2.79 bits per heavy atom. The molecule has 0 saturated heterocycles. The molecule has 5 heteroatoms. The largest absolute Gasteiger partial charge is 0.356 e. The zero-order chi connectivity index (χ0) is 14.3. The fourth-order valence-electron chi connectivity index (χ4n) is 1.50. The van der Waals surface area contributed by atoms with Crippen LogP contribution in [0.4, 0.5) is 4.39 Å². The van der Waals surface area contributed by atoms with Gasteiger partial charge in [-0.2, -0.15) is 0 Å². The van der Waals surface area contributed by atoms with Crippen LogP contribution in [0.1, 0.15) is 25.8 Å². The molecule has 0 spiro atoms. The van der Waals surface area contributed by atoms with Crippen LogP contribution in [-0.2, 0) is 11.3 Å². The van der Waals surface area contributed by atoms with Crippen molar-refractivity contribution in [2.75, 3.05) is 13.1 Å². The number of hydrogen-bond donors (Lipinski definition) is 2. The number of carbonyl (C=O) groups excluding carboxylic acids is 1. The molecule has 0 heterocycles. The highest BCUT2D eigenvalue weighted by Gasteiger charge is 2.04. The minimum Gasteiger partial charge on any atom is -0.356 e. The van der Waals surface area contributed by atoms with Crippen LogP contribution in [0.25, 0.3) is 0 Å². The molecule has 0 bridgehead atoms. The van der Waals surface area contributed by atoms with Crippen molar-refractivity contribution >= 4 is 21.8 Å². The molecule has 0 aliphatic carbocycles. The highest BCUT2D eigenvalue weighted by Crippen LogP contribution is 2.14. The van der Waals surface area contributed by atoms with E-state index < -0.39 is 0 Å². The van der Waals surface area contributed by atoms with Gasteiger partial charge in [0.05, 0.1) is 0 Å². The minimum absolute atomic E-state index is 0.0254. The van der Waals surface area contributed by atoms with Gasteiger partial charge in [0.15, 0.2) is 0 Å². The second kappa shape index (κ2) is 8.27. The first-order chi connectivity index (χ1) is 8.99. The number of hydrogen-bond acceptors (Lipinski definition) is 2. The van der Waals surface area contributed by atoms with Crippen molar-refractivity contribution in [2.24, 2.45) is 5.92 Å². The molecule has 2 N–H and O–H groups in total. The first-order valence-electron chi connectivity index (χ1n) is 6.40. The highest BCUT2D eigenvalue weighted by atomic mass is 79.9. The molecule has 0 unspecified atom stereocenters. The summed E-state index contributed by atoms with van der Waals surface area (Å²) >= 11 is 3.21. The van der Waals surface area contributed by atoms with Crippen molar-refractivity contribution in [1.29, 1.82) is 0 Å². The number of carbonyl (C=O) groups is 1. The molecule has 0 aromatic heterocycles. The maximum atomic E-state index is 13.5. The molecule has 0 saturated carbocycles. The molecule has 19 heavy (non-hydrogen) atoms. The average molecular weight is 331 g/mol. The van der Waals surface area contributed by atoms with Gasteiger partial charge in [0.2, 0.25) is 5.91 Å². The van der Waals surface area contributed by atoms with Gasteiger partial charge in [-0.25, -0.2) is 4.39 Å². The van der Waals surface area contributed by atoms with E-state index in [1.807, 2.05) is 0 Å². The Labute approximate surface area is 122 Å². The Kier molecular flexibility index (Phi) is 7.02. The lowest BCUT2D eigenvalue weighted by molar-refractivity contribution is -0.121. The Morgan fingerprint density at radius 2 is 2.16 bits per heavy atom. The van der Waals surface area contributed by atoms with E-state index in [1.165, 1.54) is 6.07 Å². The van der Waals surface area contributed by atoms with Crippen LogP contribution in [0.3, 0.4) is 0 Å². The first kappa shape index (κ1) is 16.1. The zero-order valence-electron chi connectivity index (χ0n) is 11.3. The van der Waals surface area contributed by atoms with Crippen molar-refractivity contribution in [2.45, 2.75) is 26.8 Å². The molecular formula is C14H20BrFN2O. The van der Waals surface area contributed by atoms with E-state index in [1.54, 1.807) is 12.1 Å². The molecule has 1 amide bonds. The average Bonchev–Trinajstić information content (AvgIpc) is 2.34. The highest BCUT2D eigenvalue weighted by molar-refractivity contribution is 9.10. The first-order valence-corrected chi connectivity index (χ1v) is 7.19. The van der Waals surface area contributed by atoms with Crippen LogP contribution < -0.4 is 10.6 Å². The second-order valence-corrected chi connectivity index (χ2v) is 5.78. The molecule has 1 aromatic carbocycles. The van der Waals surface area contributed by atoms with Gasteiger partial charge in [0.25, 0.3) is 0 Å². The smallest absolute Gasteiger partial charge is 0.221 e. The summed E-state index contributed by atoms with van der Waals surface area (Å²) in [4.78, 5) is 11.4. The Bertz CT molecular complexity index is 424. The molecule has 1 aromatic rings. The standard InChI is InChI=1S/C14H20BrFN2O/c1-10(2)8-18-14(19)5-6-17-9-11-3-4-12(15)7-13(11)16/h3-4,7,10,17H,5-6,8-9H2,1-2H3,(H,18,19). The summed E-state index contributed by atoms with van der Waals surface area (Å²) in [6, 6.07) is 4.97. The van der Waals surface area contributed by atoms with Gasteiger partial charge in [0, 0.05) is 36.1 Å². The van der Waals surface area contributed by atoms with Crippen molar-refractivity contribution in [1.82, 2.24) is 10.6 Å². The van der Waals surface area contributed by atoms with E-state index in [4.69, 9.17) is 0 Å². The number of amides is 1. The lowest BCUT2D eigenvalue weighted by atomic mass is 10.2. The van der Waals surface area contributed by atoms with Gasteiger partial charge in [-0.1, -0.05) is 35.8 Å². The van der Waals surface area contributed by atoms with Crippen molar-refractivity contribution in [3.8, 4) is 0 Å². The molecule has 0 atom stereocenters. The molecule has 0 radical (unpaired) electrons. The van der Waals surface area contributed by atoms with Crippen molar-refractivity contribution < 1.29 is 9.18 Å². The lowest BCUT2D eigenvalue weighted by Crippen LogP contribution is -2.30. The normalized spacial score (nSPS) is 10.8. The summed E-state index contributed by atoms with van der Waals surface area (Å²) in [7, 11) is 0. The van der Waals surface area contributed by atoms with E-state index in [0.29, 0.717) is 37.5 Å². The summed E-state index contributed by atoms with van der Waals surface area (Å²) in [6.07, 6.45) is 0.408. The van der Waals surface area contributed by atoms with Crippen molar-refractivity contribution in [3.05, 3.63) is 34.1 Å². The van der Waals surface area contributed by atoms with Crippen LogP contribution in [0.5, 0.6) is 0 Å². The Hall–Kier alpha value is -0.940. The summed E-state index contributed by atoms with van der Waals surface area (Å²) in [5.41, 5.74) is 0.603. The second-order valence-electron chi connectivity index (χ2n) is 4.86. The number of benzene rings is 1. The summed E-state index contributed by atoms with van der Waals surface area (Å²) in [6.45, 7) is 5.76. The SMILES string of the molecule is CC(C)CNC(=O)CCNCc1ccc(Br)cc1F. The molecule has 3 nitrogen and oxygen atoms in total. The van der Waals surface area contributed by atoms with E-state index in [9.17, 15) is 9.18 Å². The minimum atomic E-state index is -0.244. The van der Waals surface area contributed by atoms with Crippen molar-refractivity contribution in [3.63, 3.8) is 0 Å². The summed E-state index contributed by atoms with van der Waals surface area (Å²) in [5, 5.41) is 5.90. The predicted octanol–water partition coefficient (Wildman–Crippen LogP) is 2.84. The zero-order valence-corrected chi connectivity index (χ0v) is 12.9. The van der Waals surface area contributed by atoms with Gasteiger partial charge in [0.1, 0.15) is 5.82 Å². The van der Waals surface area contributed by atoms with Crippen LogP contribution in [-0.4, -0.2) is 19.0 Å². The summed E-state index contributed by atoms with van der Waals surface area (Å²) < 4.78 is 14.2. The van der Waals surface area contributed by atoms with E-state index in [-0.39, 0.29) is 11.7 Å². The number of rotatable bonds is 7. The van der Waals surface area contributed by atoms with Gasteiger partial charge < -0.3 is 10.6 Å². The monoisotopic (exact) mass is 330 g/mol. The lowest BCUT2D eigenvalue weighted by Gasteiger charge is -2.09. The summed E-state index contributed by atoms with van der Waals surface area (Å²) in [5.74, 6) is 0.234. The molecule has 0 aliphatic heterocycles. The van der Waals surface area contributed by atoms with E-state index in [0.717, 1.165) is 4.47 Å². The molecule has 0 aliphatic rings. The Morgan fingerprint density at radius 1 is 1.42 bits per heavy atom. The molecular weight excluding hydrogens is 311 g/mol.